The van der Waals surface area contributed by atoms with Crippen LogP contribution in [0.5, 0.6) is 5.75 Å². The van der Waals surface area contributed by atoms with Crippen molar-refractivity contribution in [2.24, 2.45) is 11.7 Å². The summed E-state index contributed by atoms with van der Waals surface area (Å²) < 4.78 is 10.4. The Bertz CT molecular complexity index is 521. The summed E-state index contributed by atoms with van der Waals surface area (Å²) >= 11 is 0. The molecule has 1 aromatic heterocycles. The van der Waals surface area contributed by atoms with E-state index in [1.165, 1.54) is 0 Å². The highest BCUT2D eigenvalue weighted by Crippen LogP contribution is 2.22. The first-order valence-corrected chi connectivity index (χ1v) is 6.43. The highest BCUT2D eigenvalue weighted by Gasteiger charge is 2.13. The Balaban J connectivity index is 2.15. The quantitative estimate of drug-likeness (QED) is 0.863. The minimum atomic E-state index is 0.388. The fraction of sp³-hybridized carbons (Fsp3) is 0.429. The summed E-state index contributed by atoms with van der Waals surface area (Å²) in [4.78, 5) is 4.40. The largest absolute Gasteiger partial charge is 0.497 e. The van der Waals surface area contributed by atoms with Gasteiger partial charge in [-0.15, -0.1) is 0 Å². The van der Waals surface area contributed by atoms with Crippen LogP contribution in [0.15, 0.2) is 28.8 Å². The molecule has 0 amide bonds. The van der Waals surface area contributed by atoms with E-state index in [9.17, 15) is 0 Å². The topological polar surface area (TPSA) is 74.2 Å². The van der Waals surface area contributed by atoms with Gasteiger partial charge in [0.2, 0.25) is 11.7 Å². The monoisotopic (exact) mass is 261 g/mol. The lowest BCUT2D eigenvalue weighted by molar-refractivity contribution is 0.350. The van der Waals surface area contributed by atoms with Gasteiger partial charge in [-0.25, -0.2) is 0 Å². The maximum atomic E-state index is 5.68. The van der Waals surface area contributed by atoms with Crippen LogP contribution in [0.2, 0.25) is 0 Å². The van der Waals surface area contributed by atoms with Crippen molar-refractivity contribution in [1.29, 1.82) is 0 Å². The third-order valence-electron chi connectivity index (χ3n) is 3.17. The van der Waals surface area contributed by atoms with Gasteiger partial charge in [-0.1, -0.05) is 30.6 Å². The van der Waals surface area contributed by atoms with Crippen molar-refractivity contribution in [1.82, 2.24) is 10.1 Å². The fourth-order valence-corrected chi connectivity index (χ4v) is 1.86. The van der Waals surface area contributed by atoms with E-state index in [2.05, 4.69) is 17.1 Å². The predicted octanol–water partition coefficient (Wildman–Crippen LogP) is 2.27. The van der Waals surface area contributed by atoms with Crippen molar-refractivity contribution in [3.63, 3.8) is 0 Å². The van der Waals surface area contributed by atoms with Crippen molar-refractivity contribution in [3.05, 3.63) is 30.2 Å². The van der Waals surface area contributed by atoms with Crippen molar-refractivity contribution >= 4 is 0 Å². The summed E-state index contributed by atoms with van der Waals surface area (Å²) in [6.45, 7) is 2.74. The van der Waals surface area contributed by atoms with Crippen molar-refractivity contribution in [3.8, 4) is 17.1 Å². The third-order valence-corrected chi connectivity index (χ3v) is 3.17. The summed E-state index contributed by atoms with van der Waals surface area (Å²) in [6.07, 6.45) is 1.73. The van der Waals surface area contributed by atoms with Crippen LogP contribution in [-0.4, -0.2) is 23.8 Å². The Hall–Kier alpha value is -1.88. The molecule has 5 nitrogen and oxygen atoms in total. The molecule has 0 aliphatic carbocycles. The van der Waals surface area contributed by atoms with Crippen molar-refractivity contribution in [2.45, 2.75) is 19.8 Å². The van der Waals surface area contributed by atoms with Crippen LogP contribution in [0.3, 0.4) is 0 Å². The summed E-state index contributed by atoms with van der Waals surface area (Å²) in [6, 6.07) is 7.59. The first-order valence-electron chi connectivity index (χ1n) is 6.43. The normalized spacial score (nSPS) is 12.4. The lowest BCUT2D eigenvalue weighted by atomic mass is 10.0. The molecular weight excluding hydrogens is 242 g/mol. The first-order chi connectivity index (χ1) is 9.26. The number of ether oxygens (including phenoxy) is 1. The minimum Gasteiger partial charge on any atom is -0.497 e. The molecule has 5 heteroatoms. The summed E-state index contributed by atoms with van der Waals surface area (Å²) in [5.74, 6) is 2.38. The molecule has 0 aliphatic rings. The van der Waals surface area contributed by atoms with Gasteiger partial charge >= 0.3 is 0 Å². The molecule has 1 atom stereocenters. The standard InChI is InChI=1S/C14H19N3O2/c1-3-10(9-15)7-13-16-14(17-19-13)11-5-4-6-12(8-11)18-2/h4-6,8,10H,3,7,9,15H2,1-2H3. The zero-order chi connectivity index (χ0) is 13.7. The number of aromatic nitrogens is 2. The van der Waals surface area contributed by atoms with Crippen LogP contribution in [-0.2, 0) is 6.42 Å². The van der Waals surface area contributed by atoms with E-state index in [-0.39, 0.29) is 0 Å². The zero-order valence-corrected chi connectivity index (χ0v) is 11.3. The van der Waals surface area contributed by atoms with E-state index in [1.807, 2.05) is 24.3 Å². The molecule has 0 saturated heterocycles. The molecule has 0 radical (unpaired) electrons. The SMILES string of the molecule is CCC(CN)Cc1nc(-c2cccc(OC)c2)no1. The predicted molar refractivity (Wildman–Crippen MR) is 72.8 cm³/mol. The van der Waals surface area contributed by atoms with Crippen LogP contribution < -0.4 is 10.5 Å². The Morgan fingerprint density at radius 2 is 2.26 bits per heavy atom. The Labute approximate surface area is 112 Å². The van der Waals surface area contributed by atoms with Crippen LogP contribution >= 0.6 is 0 Å². The summed E-state index contributed by atoms with van der Waals surface area (Å²) in [7, 11) is 1.63. The molecular formula is C14H19N3O2. The number of rotatable bonds is 6. The van der Waals surface area contributed by atoms with Crippen LogP contribution in [0.4, 0.5) is 0 Å². The Morgan fingerprint density at radius 3 is 2.95 bits per heavy atom. The smallest absolute Gasteiger partial charge is 0.227 e. The average molecular weight is 261 g/mol. The van der Waals surface area contributed by atoms with Gasteiger partial charge in [-0.05, 0) is 24.6 Å². The average Bonchev–Trinajstić information content (AvgIpc) is 2.93. The van der Waals surface area contributed by atoms with Crippen LogP contribution in [0.25, 0.3) is 11.4 Å². The summed E-state index contributed by atoms with van der Waals surface area (Å²) in [5.41, 5.74) is 6.56. The van der Waals surface area contributed by atoms with Gasteiger partial charge in [-0.2, -0.15) is 4.98 Å². The molecule has 0 bridgehead atoms. The molecule has 2 rings (SSSR count). The van der Waals surface area contributed by atoms with E-state index < -0.39 is 0 Å². The fourth-order valence-electron chi connectivity index (χ4n) is 1.86. The van der Waals surface area contributed by atoms with E-state index in [4.69, 9.17) is 15.0 Å². The van der Waals surface area contributed by atoms with Gasteiger partial charge in [0, 0.05) is 12.0 Å². The minimum absolute atomic E-state index is 0.388. The van der Waals surface area contributed by atoms with E-state index in [0.717, 1.165) is 24.2 Å². The molecule has 1 aromatic carbocycles. The van der Waals surface area contributed by atoms with Crippen molar-refractivity contribution < 1.29 is 9.26 Å². The molecule has 1 unspecified atom stereocenters. The lowest BCUT2D eigenvalue weighted by Crippen LogP contribution is -2.15. The number of methoxy groups -OCH3 is 1. The zero-order valence-electron chi connectivity index (χ0n) is 11.3. The maximum absolute atomic E-state index is 5.68. The van der Waals surface area contributed by atoms with Gasteiger partial charge in [0.05, 0.1) is 7.11 Å². The van der Waals surface area contributed by atoms with E-state index >= 15 is 0 Å². The van der Waals surface area contributed by atoms with Gasteiger partial charge < -0.3 is 15.0 Å². The molecule has 0 fully saturated rings. The van der Waals surface area contributed by atoms with Gasteiger partial charge in [0.15, 0.2) is 0 Å². The lowest BCUT2D eigenvalue weighted by Gasteiger charge is -2.07. The Kier molecular flexibility index (Phi) is 4.52. The third kappa shape index (κ3) is 3.32. The maximum Gasteiger partial charge on any atom is 0.227 e. The van der Waals surface area contributed by atoms with Crippen LogP contribution in [0.1, 0.15) is 19.2 Å². The molecule has 0 aliphatic heterocycles. The second-order valence-corrected chi connectivity index (χ2v) is 4.46. The number of hydrogen-bond donors (Lipinski definition) is 1. The molecule has 0 spiro atoms. The van der Waals surface area contributed by atoms with Crippen molar-refractivity contribution in [2.75, 3.05) is 13.7 Å². The van der Waals surface area contributed by atoms with Gasteiger partial charge in [0.1, 0.15) is 5.75 Å². The molecule has 2 N–H and O–H groups in total. The number of benzene rings is 1. The molecule has 1 heterocycles. The molecule has 102 valence electrons. The Morgan fingerprint density at radius 1 is 1.42 bits per heavy atom. The number of hydrogen-bond acceptors (Lipinski definition) is 5. The highest BCUT2D eigenvalue weighted by molar-refractivity contribution is 5.56. The van der Waals surface area contributed by atoms with E-state index in [0.29, 0.717) is 24.2 Å². The number of nitrogens with zero attached hydrogens (tertiary/aromatic N) is 2. The van der Waals surface area contributed by atoms with E-state index in [1.54, 1.807) is 7.11 Å². The number of nitrogens with two attached hydrogens (primary N) is 1. The van der Waals surface area contributed by atoms with Crippen LogP contribution in [0, 0.1) is 5.92 Å². The highest BCUT2D eigenvalue weighted by atomic mass is 16.5. The molecule has 19 heavy (non-hydrogen) atoms. The molecule has 0 saturated carbocycles. The second-order valence-electron chi connectivity index (χ2n) is 4.46. The first kappa shape index (κ1) is 13.5. The van der Waals surface area contributed by atoms with Gasteiger partial charge in [-0.3, -0.25) is 0 Å². The second kappa shape index (κ2) is 6.33. The molecule has 2 aromatic rings. The summed E-state index contributed by atoms with van der Waals surface area (Å²) in [5, 5.41) is 4.00. The van der Waals surface area contributed by atoms with Gasteiger partial charge in [0.25, 0.3) is 0 Å².